The van der Waals surface area contributed by atoms with Gasteiger partial charge < -0.3 is 10.4 Å². The molecule has 0 amide bonds. The fourth-order valence-electron chi connectivity index (χ4n) is 3.28. The zero-order valence-corrected chi connectivity index (χ0v) is 12.2. The number of aromatic nitrogens is 3. The van der Waals surface area contributed by atoms with Gasteiger partial charge in [-0.3, -0.25) is 4.79 Å². The van der Waals surface area contributed by atoms with E-state index in [-0.39, 0.29) is 11.5 Å². The maximum atomic E-state index is 12.5. The van der Waals surface area contributed by atoms with E-state index in [0.717, 1.165) is 24.1 Å². The molecule has 6 nitrogen and oxygen atoms in total. The van der Waals surface area contributed by atoms with E-state index in [9.17, 15) is 9.90 Å². The average molecular weight is 296 g/mol. The number of rotatable bonds is 1. The fraction of sp³-hybridized carbons (Fsp3) is 0.312. The van der Waals surface area contributed by atoms with Crippen molar-refractivity contribution in [3.63, 3.8) is 0 Å². The minimum Gasteiger partial charge on any atom is -0.508 e. The van der Waals surface area contributed by atoms with E-state index in [4.69, 9.17) is 0 Å². The molecule has 2 aliphatic rings. The third kappa shape index (κ3) is 1.83. The third-order valence-corrected chi connectivity index (χ3v) is 4.29. The Morgan fingerprint density at radius 2 is 2.23 bits per heavy atom. The molecule has 6 heteroatoms. The van der Waals surface area contributed by atoms with Gasteiger partial charge in [0.05, 0.1) is 0 Å². The minimum absolute atomic E-state index is 0.112. The Kier molecular flexibility index (Phi) is 2.79. The lowest BCUT2D eigenvalue weighted by molar-refractivity contribution is -0.116. The number of fused-ring (bicyclic) bond motifs is 1. The maximum Gasteiger partial charge on any atom is 0.226 e. The number of ketones is 1. The summed E-state index contributed by atoms with van der Waals surface area (Å²) in [6, 6.07) is 5.00. The van der Waals surface area contributed by atoms with E-state index in [1.165, 1.54) is 6.33 Å². The Morgan fingerprint density at radius 3 is 3.09 bits per heavy atom. The average Bonchev–Trinajstić information content (AvgIpc) is 2.96. The molecule has 0 bridgehead atoms. The van der Waals surface area contributed by atoms with Gasteiger partial charge in [0, 0.05) is 23.3 Å². The van der Waals surface area contributed by atoms with E-state index in [2.05, 4.69) is 15.4 Å². The molecule has 0 unspecified atom stereocenters. The molecule has 112 valence electrons. The number of hydrogen-bond donors (Lipinski definition) is 2. The first-order valence-electron chi connectivity index (χ1n) is 7.37. The van der Waals surface area contributed by atoms with E-state index in [1.54, 1.807) is 10.7 Å². The van der Waals surface area contributed by atoms with Crippen LogP contribution in [0.3, 0.4) is 0 Å². The highest BCUT2D eigenvalue weighted by Crippen LogP contribution is 2.42. The van der Waals surface area contributed by atoms with Crippen molar-refractivity contribution in [2.24, 2.45) is 0 Å². The number of hydrogen-bond acceptors (Lipinski definition) is 5. The van der Waals surface area contributed by atoms with Crippen LogP contribution in [0, 0.1) is 6.92 Å². The zero-order chi connectivity index (χ0) is 15.3. The molecule has 22 heavy (non-hydrogen) atoms. The number of nitrogens with zero attached hydrogens (tertiary/aromatic N) is 3. The molecule has 0 radical (unpaired) electrons. The highest BCUT2D eigenvalue weighted by molar-refractivity contribution is 5.99. The second-order valence-corrected chi connectivity index (χ2v) is 5.79. The normalized spacial score (nSPS) is 20.4. The molecular formula is C16H16N4O2. The topological polar surface area (TPSA) is 80.0 Å². The summed E-state index contributed by atoms with van der Waals surface area (Å²) in [4.78, 5) is 16.7. The van der Waals surface area contributed by atoms with Crippen LogP contribution in [0.4, 0.5) is 5.95 Å². The van der Waals surface area contributed by atoms with Crippen molar-refractivity contribution in [2.45, 2.75) is 32.2 Å². The van der Waals surface area contributed by atoms with Gasteiger partial charge in [-0.15, -0.1) is 0 Å². The monoisotopic (exact) mass is 296 g/mol. The van der Waals surface area contributed by atoms with E-state index in [1.807, 2.05) is 19.1 Å². The number of aryl methyl sites for hydroxylation is 1. The maximum absolute atomic E-state index is 12.5. The van der Waals surface area contributed by atoms with E-state index < -0.39 is 6.04 Å². The number of allylic oxidation sites excluding steroid dienone is 2. The fourth-order valence-corrected chi connectivity index (χ4v) is 3.28. The summed E-state index contributed by atoms with van der Waals surface area (Å²) in [5.41, 5.74) is 3.32. The van der Waals surface area contributed by atoms with Crippen molar-refractivity contribution in [1.82, 2.24) is 14.8 Å². The van der Waals surface area contributed by atoms with Crippen LogP contribution >= 0.6 is 0 Å². The summed E-state index contributed by atoms with van der Waals surface area (Å²) in [5.74, 6) is 0.893. The summed E-state index contributed by atoms with van der Waals surface area (Å²) in [5, 5.41) is 17.8. The van der Waals surface area contributed by atoms with Gasteiger partial charge >= 0.3 is 0 Å². The largest absolute Gasteiger partial charge is 0.508 e. The van der Waals surface area contributed by atoms with Gasteiger partial charge in [0.15, 0.2) is 5.78 Å². The van der Waals surface area contributed by atoms with Crippen LogP contribution in [0.1, 0.15) is 36.4 Å². The van der Waals surface area contributed by atoms with Crippen LogP contribution in [0.15, 0.2) is 35.8 Å². The summed E-state index contributed by atoms with van der Waals surface area (Å²) >= 11 is 0. The van der Waals surface area contributed by atoms with E-state index in [0.29, 0.717) is 23.5 Å². The molecule has 0 saturated carbocycles. The lowest BCUT2D eigenvalue weighted by Gasteiger charge is -2.32. The van der Waals surface area contributed by atoms with Crippen LogP contribution in [-0.2, 0) is 4.79 Å². The van der Waals surface area contributed by atoms with Gasteiger partial charge in [0.1, 0.15) is 18.1 Å². The molecule has 1 atom stereocenters. The van der Waals surface area contributed by atoms with Crippen LogP contribution in [0.2, 0.25) is 0 Å². The highest BCUT2D eigenvalue weighted by Gasteiger charge is 2.37. The first-order valence-corrected chi connectivity index (χ1v) is 7.37. The molecule has 2 heterocycles. The number of anilines is 1. The predicted molar refractivity (Wildman–Crippen MR) is 80.5 cm³/mol. The first-order chi connectivity index (χ1) is 10.6. The molecule has 0 fully saturated rings. The van der Waals surface area contributed by atoms with Gasteiger partial charge in [-0.1, -0.05) is 11.6 Å². The second-order valence-electron chi connectivity index (χ2n) is 5.79. The van der Waals surface area contributed by atoms with E-state index >= 15 is 0 Å². The van der Waals surface area contributed by atoms with Crippen molar-refractivity contribution in [1.29, 1.82) is 0 Å². The Morgan fingerprint density at radius 1 is 1.36 bits per heavy atom. The zero-order valence-electron chi connectivity index (χ0n) is 12.2. The van der Waals surface area contributed by atoms with Gasteiger partial charge in [-0.05, 0) is 31.9 Å². The first kappa shape index (κ1) is 13.1. The molecule has 0 spiro atoms. The summed E-state index contributed by atoms with van der Waals surface area (Å²) in [7, 11) is 0. The Labute approximate surface area is 127 Å². The summed E-state index contributed by atoms with van der Waals surface area (Å²) in [6.07, 6.45) is 3.65. The third-order valence-electron chi connectivity index (χ3n) is 4.29. The van der Waals surface area contributed by atoms with Crippen molar-refractivity contribution in [3.8, 4) is 5.75 Å². The van der Waals surface area contributed by atoms with Crippen LogP contribution in [0.5, 0.6) is 5.75 Å². The number of carbonyl (C=O) groups excluding carboxylic acids is 1. The number of nitrogens with one attached hydrogen (secondary N) is 1. The molecular weight excluding hydrogens is 280 g/mol. The van der Waals surface area contributed by atoms with Crippen molar-refractivity contribution in [2.75, 3.05) is 5.32 Å². The van der Waals surface area contributed by atoms with Crippen LogP contribution in [0.25, 0.3) is 0 Å². The molecule has 1 aliphatic carbocycles. The number of carbonyl (C=O) groups is 1. The number of phenolic OH excluding ortho intramolecular Hbond substituents is 1. The summed E-state index contributed by atoms with van der Waals surface area (Å²) < 4.78 is 1.68. The summed E-state index contributed by atoms with van der Waals surface area (Å²) in [6.45, 7) is 1.96. The van der Waals surface area contributed by atoms with Crippen LogP contribution < -0.4 is 5.32 Å². The molecule has 1 aliphatic heterocycles. The van der Waals surface area contributed by atoms with Gasteiger partial charge in [0.2, 0.25) is 5.95 Å². The number of benzene rings is 1. The van der Waals surface area contributed by atoms with Gasteiger partial charge in [-0.25, -0.2) is 4.68 Å². The Bertz CT molecular complexity index is 806. The van der Waals surface area contributed by atoms with Crippen molar-refractivity contribution >= 4 is 11.7 Å². The predicted octanol–water partition coefficient (Wildman–Crippen LogP) is 2.31. The molecule has 1 aromatic heterocycles. The lowest BCUT2D eigenvalue weighted by atomic mass is 9.85. The Balaban J connectivity index is 1.97. The lowest BCUT2D eigenvalue weighted by Crippen LogP contribution is -2.31. The Hall–Kier alpha value is -2.63. The minimum atomic E-state index is -0.415. The molecule has 2 aromatic rings. The highest BCUT2D eigenvalue weighted by atomic mass is 16.3. The van der Waals surface area contributed by atoms with Gasteiger partial charge in [-0.2, -0.15) is 10.1 Å². The molecule has 4 rings (SSSR count). The molecule has 2 N–H and O–H groups in total. The number of aromatic hydroxyl groups is 1. The van der Waals surface area contributed by atoms with Gasteiger partial charge in [0.25, 0.3) is 0 Å². The SMILES string of the molecule is Cc1ccc(O)c([C@@H]2C3=C(CCCC3=O)Nc3ncnn32)c1. The standard InChI is InChI=1S/C16H16N4O2/c1-9-5-6-12(21)10(7-9)15-14-11(3-2-4-13(14)22)19-16-17-8-18-20(15)16/h5-8,15,21H,2-4H2,1H3,(H,17,18,19)/t15-/m1/s1. The van der Waals surface area contributed by atoms with Crippen molar-refractivity contribution in [3.05, 3.63) is 46.9 Å². The second kappa shape index (κ2) is 4.69. The smallest absolute Gasteiger partial charge is 0.226 e. The number of phenols is 1. The number of Topliss-reactive ketones (excluding diaryl/α,β-unsaturated/α-hetero) is 1. The van der Waals surface area contributed by atoms with Crippen molar-refractivity contribution < 1.29 is 9.90 Å². The quantitative estimate of drug-likeness (QED) is 0.844. The molecule has 1 aromatic carbocycles. The van der Waals surface area contributed by atoms with Crippen LogP contribution in [-0.4, -0.2) is 25.7 Å². The molecule has 0 saturated heterocycles.